The van der Waals surface area contributed by atoms with E-state index in [1.807, 2.05) is 6.92 Å². The van der Waals surface area contributed by atoms with Gasteiger partial charge in [0, 0.05) is 25.2 Å². The molecule has 8 heteroatoms. The van der Waals surface area contributed by atoms with Gasteiger partial charge < -0.3 is 20.1 Å². The third-order valence-corrected chi connectivity index (χ3v) is 4.74. The zero-order valence-corrected chi connectivity index (χ0v) is 14.1. The minimum atomic E-state index is -0.580. The third kappa shape index (κ3) is 3.24. The van der Waals surface area contributed by atoms with Crippen LogP contribution in [-0.4, -0.2) is 66.1 Å². The van der Waals surface area contributed by atoms with Crippen LogP contribution in [0.4, 0.5) is 4.79 Å². The summed E-state index contributed by atoms with van der Waals surface area (Å²) in [6.45, 7) is 3.38. The van der Waals surface area contributed by atoms with Crippen molar-refractivity contribution in [2.24, 2.45) is 5.73 Å². The van der Waals surface area contributed by atoms with E-state index in [0.717, 1.165) is 0 Å². The maximum absolute atomic E-state index is 12.9. The molecule has 0 bridgehead atoms. The molecule has 134 valence electrons. The van der Waals surface area contributed by atoms with E-state index >= 15 is 0 Å². The van der Waals surface area contributed by atoms with Crippen molar-refractivity contribution in [3.05, 3.63) is 29.8 Å². The largest absolute Gasteiger partial charge is 0.484 e. The molecule has 8 nitrogen and oxygen atoms in total. The maximum atomic E-state index is 12.9. The molecular formula is C17H21N3O5. The first-order valence-corrected chi connectivity index (χ1v) is 8.20. The molecule has 2 heterocycles. The van der Waals surface area contributed by atoms with Crippen molar-refractivity contribution in [2.75, 3.05) is 32.8 Å². The Hall–Kier alpha value is -2.77. The molecule has 0 saturated carbocycles. The molecule has 3 amide bonds. The molecule has 0 aromatic heterocycles. The smallest absolute Gasteiger partial charge is 0.410 e. The van der Waals surface area contributed by atoms with E-state index in [-0.39, 0.29) is 18.6 Å². The predicted octanol–water partition coefficient (Wildman–Crippen LogP) is 0.608. The molecule has 2 fully saturated rings. The van der Waals surface area contributed by atoms with Gasteiger partial charge in [-0.05, 0) is 24.6 Å². The van der Waals surface area contributed by atoms with E-state index in [0.29, 0.717) is 44.0 Å². The predicted molar refractivity (Wildman–Crippen MR) is 88.1 cm³/mol. The van der Waals surface area contributed by atoms with Crippen LogP contribution in [0, 0.1) is 0 Å². The topological polar surface area (TPSA) is 102 Å². The fourth-order valence-electron chi connectivity index (χ4n) is 3.29. The molecule has 2 saturated heterocycles. The highest BCUT2D eigenvalue weighted by Gasteiger charge is 2.50. The zero-order chi connectivity index (χ0) is 18.0. The first-order chi connectivity index (χ1) is 11.9. The number of primary amides is 1. The molecule has 1 aromatic carbocycles. The number of hydrogen-bond donors (Lipinski definition) is 1. The van der Waals surface area contributed by atoms with Crippen molar-refractivity contribution in [3.8, 4) is 5.75 Å². The van der Waals surface area contributed by atoms with E-state index in [2.05, 4.69) is 0 Å². The van der Waals surface area contributed by atoms with Gasteiger partial charge in [-0.15, -0.1) is 0 Å². The SMILES string of the molecule is CCC12COC(=O)N1CCN(C(=O)c1cccc(OCC(N)=O)c1)C2. The Bertz CT molecular complexity index is 707. The summed E-state index contributed by atoms with van der Waals surface area (Å²) in [5, 5.41) is 0. The zero-order valence-electron chi connectivity index (χ0n) is 14.1. The fourth-order valence-corrected chi connectivity index (χ4v) is 3.29. The van der Waals surface area contributed by atoms with Gasteiger partial charge in [-0.3, -0.25) is 14.5 Å². The maximum Gasteiger partial charge on any atom is 0.410 e. The number of carbonyl (C=O) groups is 3. The average Bonchev–Trinajstić information content (AvgIpc) is 2.96. The summed E-state index contributed by atoms with van der Waals surface area (Å²) in [6.07, 6.45) is 0.403. The average molecular weight is 347 g/mol. The van der Waals surface area contributed by atoms with Crippen molar-refractivity contribution in [1.82, 2.24) is 9.80 Å². The van der Waals surface area contributed by atoms with Gasteiger partial charge in [0.2, 0.25) is 0 Å². The molecule has 0 aliphatic carbocycles. The Kier molecular flexibility index (Phi) is 4.52. The van der Waals surface area contributed by atoms with Crippen LogP contribution in [-0.2, 0) is 9.53 Å². The lowest BCUT2D eigenvalue weighted by molar-refractivity contribution is -0.119. The van der Waals surface area contributed by atoms with Crippen LogP contribution in [0.2, 0.25) is 0 Å². The number of nitrogens with zero attached hydrogens (tertiary/aromatic N) is 2. The van der Waals surface area contributed by atoms with Gasteiger partial charge in [0.05, 0.1) is 5.54 Å². The summed E-state index contributed by atoms with van der Waals surface area (Å²) in [4.78, 5) is 39.0. The number of fused-ring (bicyclic) bond motifs is 1. The van der Waals surface area contributed by atoms with Crippen LogP contribution in [0.25, 0.3) is 0 Å². The van der Waals surface area contributed by atoms with Crippen LogP contribution < -0.4 is 10.5 Å². The van der Waals surface area contributed by atoms with Crippen LogP contribution >= 0.6 is 0 Å². The second-order valence-corrected chi connectivity index (χ2v) is 6.29. The number of piperazine rings is 1. The quantitative estimate of drug-likeness (QED) is 0.841. The lowest BCUT2D eigenvalue weighted by atomic mass is 9.92. The Labute approximate surface area is 145 Å². The molecule has 25 heavy (non-hydrogen) atoms. The summed E-state index contributed by atoms with van der Waals surface area (Å²) >= 11 is 0. The first-order valence-electron chi connectivity index (χ1n) is 8.20. The summed E-state index contributed by atoms with van der Waals surface area (Å²) in [6, 6.07) is 6.64. The molecule has 1 atom stereocenters. The van der Waals surface area contributed by atoms with Gasteiger partial charge in [0.25, 0.3) is 11.8 Å². The number of rotatable bonds is 5. The van der Waals surface area contributed by atoms with Crippen LogP contribution in [0.15, 0.2) is 24.3 Å². The van der Waals surface area contributed by atoms with Gasteiger partial charge in [-0.1, -0.05) is 13.0 Å². The molecule has 2 aliphatic heterocycles. The van der Waals surface area contributed by atoms with E-state index in [9.17, 15) is 14.4 Å². The Morgan fingerprint density at radius 2 is 2.16 bits per heavy atom. The Balaban J connectivity index is 1.74. The molecule has 0 spiro atoms. The molecule has 3 rings (SSSR count). The first kappa shape index (κ1) is 17.1. The van der Waals surface area contributed by atoms with E-state index < -0.39 is 11.4 Å². The third-order valence-electron chi connectivity index (χ3n) is 4.74. The number of amides is 3. The van der Waals surface area contributed by atoms with Gasteiger partial charge in [0.15, 0.2) is 6.61 Å². The summed E-state index contributed by atoms with van der Waals surface area (Å²) < 4.78 is 10.4. The molecule has 1 unspecified atom stereocenters. The van der Waals surface area contributed by atoms with E-state index in [1.54, 1.807) is 34.1 Å². The van der Waals surface area contributed by atoms with E-state index in [4.69, 9.17) is 15.2 Å². The number of hydrogen-bond acceptors (Lipinski definition) is 5. The second-order valence-electron chi connectivity index (χ2n) is 6.29. The van der Waals surface area contributed by atoms with Gasteiger partial charge in [-0.2, -0.15) is 0 Å². The fraction of sp³-hybridized carbons (Fsp3) is 0.471. The molecule has 1 aromatic rings. The lowest BCUT2D eigenvalue weighted by Gasteiger charge is -2.44. The lowest BCUT2D eigenvalue weighted by Crippen LogP contribution is -2.62. The number of carbonyl (C=O) groups excluding carboxylic acids is 3. The summed E-state index contributed by atoms with van der Waals surface area (Å²) in [5.41, 5.74) is 5.07. The van der Waals surface area contributed by atoms with Crippen molar-refractivity contribution in [1.29, 1.82) is 0 Å². The number of cyclic esters (lactones) is 1. The van der Waals surface area contributed by atoms with Crippen LogP contribution in [0.5, 0.6) is 5.75 Å². The molecular weight excluding hydrogens is 326 g/mol. The highest BCUT2D eigenvalue weighted by atomic mass is 16.6. The van der Waals surface area contributed by atoms with Gasteiger partial charge in [-0.25, -0.2) is 4.79 Å². The van der Waals surface area contributed by atoms with Crippen LogP contribution in [0.1, 0.15) is 23.7 Å². The monoisotopic (exact) mass is 347 g/mol. The van der Waals surface area contributed by atoms with Crippen molar-refractivity contribution < 1.29 is 23.9 Å². The normalized spacial score (nSPS) is 22.4. The van der Waals surface area contributed by atoms with Crippen molar-refractivity contribution >= 4 is 17.9 Å². The highest BCUT2D eigenvalue weighted by Crippen LogP contribution is 2.32. The minimum Gasteiger partial charge on any atom is -0.484 e. The number of nitrogens with two attached hydrogens (primary N) is 1. The second kappa shape index (κ2) is 6.62. The summed E-state index contributed by atoms with van der Waals surface area (Å²) in [5.74, 6) is -0.312. The van der Waals surface area contributed by atoms with Gasteiger partial charge >= 0.3 is 6.09 Å². The van der Waals surface area contributed by atoms with Crippen molar-refractivity contribution in [2.45, 2.75) is 18.9 Å². The number of ether oxygens (including phenoxy) is 2. The van der Waals surface area contributed by atoms with Gasteiger partial charge in [0.1, 0.15) is 12.4 Å². The summed E-state index contributed by atoms with van der Waals surface area (Å²) in [7, 11) is 0. The molecule has 0 radical (unpaired) electrons. The van der Waals surface area contributed by atoms with E-state index in [1.165, 1.54) is 0 Å². The van der Waals surface area contributed by atoms with Crippen molar-refractivity contribution in [3.63, 3.8) is 0 Å². The number of benzene rings is 1. The Morgan fingerprint density at radius 1 is 1.36 bits per heavy atom. The van der Waals surface area contributed by atoms with Crippen LogP contribution in [0.3, 0.4) is 0 Å². The minimum absolute atomic E-state index is 0.142. The standard InChI is InChI=1S/C17H21N3O5/c1-2-17-10-19(6-7-20(17)16(23)25-11-17)15(22)12-4-3-5-13(8-12)24-9-14(18)21/h3-5,8H,2,6-7,9-11H2,1H3,(H2,18,21). The Morgan fingerprint density at radius 3 is 2.88 bits per heavy atom. The molecule has 2 aliphatic rings. The molecule has 2 N–H and O–H groups in total. The highest BCUT2D eigenvalue weighted by molar-refractivity contribution is 5.95.